The molecule has 0 spiro atoms. The second-order valence-electron chi connectivity index (χ2n) is 4.73. The first-order chi connectivity index (χ1) is 10.2. The molecule has 1 saturated heterocycles. The van der Waals surface area contributed by atoms with Crippen LogP contribution in [0, 0.1) is 0 Å². The van der Waals surface area contributed by atoms with Crippen LogP contribution in [0.15, 0.2) is 6.20 Å². The molecule has 0 amide bonds. The number of ether oxygens (including phenoxy) is 3. The highest BCUT2D eigenvalue weighted by Gasteiger charge is 2.39. The zero-order valence-electron chi connectivity index (χ0n) is 11.7. The van der Waals surface area contributed by atoms with Crippen molar-refractivity contribution in [3.05, 3.63) is 6.20 Å². The van der Waals surface area contributed by atoms with Gasteiger partial charge >= 0.3 is 11.7 Å². The number of aliphatic hydroxyl groups excluding tert-OH is 2. The van der Waals surface area contributed by atoms with Crippen LogP contribution in [0.3, 0.4) is 0 Å². The number of aliphatic hydroxyl groups is 2. The lowest BCUT2D eigenvalue weighted by atomic mass is 10.2. The van der Waals surface area contributed by atoms with Crippen LogP contribution in [0.5, 0.6) is 12.0 Å². The fourth-order valence-corrected chi connectivity index (χ4v) is 2.38. The van der Waals surface area contributed by atoms with E-state index in [4.69, 9.17) is 19.3 Å². The summed E-state index contributed by atoms with van der Waals surface area (Å²) in [5, 5.41) is 19.0. The van der Waals surface area contributed by atoms with Gasteiger partial charge in [0.2, 0.25) is 6.23 Å². The van der Waals surface area contributed by atoms with Crippen LogP contribution in [-0.4, -0.2) is 58.2 Å². The van der Waals surface area contributed by atoms with E-state index in [0.29, 0.717) is 29.6 Å². The number of imidazole rings is 1. The van der Waals surface area contributed by atoms with Crippen LogP contribution in [0.25, 0.3) is 11.2 Å². The molecule has 114 valence electrons. The van der Waals surface area contributed by atoms with E-state index in [2.05, 4.69) is 15.0 Å². The number of methoxy groups -OCH3 is 2. The minimum Gasteiger partial charge on any atom is -0.468 e. The number of nitrogens with zero attached hydrogens (tertiary/aromatic N) is 3. The van der Waals surface area contributed by atoms with Crippen molar-refractivity contribution in [2.45, 2.75) is 24.9 Å². The van der Waals surface area contributed by atoms with Crippen molar-refractivity contribution in [2.75, 3.05) is 20.8 Å². The van der Waals surface area contributed by atoms with Gasteiger partial charge in [-0.25, -0.2) is 0 Å². The van der Waals surface area contributed by atoms with Gasteiger partial charge in [-0.05, 0) is 0 Å². The maximum Gasteiger partial charge on any atom is 0.502 e. The Balaban J connectivity index is 2.00. The molecule has 1 fully saturated rings. The first-order valence-corrected chi connectivity index (χ1v) is 6.50. The highest BCUT2D eigenvalue weighted by Crippen LogP contribution is 2.26. The van der Waals surface area contributed by atoms with Crippen molar-refractivity contribution in [1.82, 2.24) is 15.0 Å². The van der Waals surface area contributed by atoms with Gasteiger partial charge < -0.3 is 29.4 Å². The molecule has 21 heavy (non-hydrogen) atoms. The maximum absolute atomic E-state index is 9.84. The monoisotopic (exact) mass is 297 g/mol. The predicted octanol–water partition coefficient (Wildman–Crippen LogP) is -1.10. The summed E-state index contributed by atoms with van der Waals surface area (Å²) >= 11 is 0. The SMILES string of the molecule is COc1nc2nc(OC)[n+](C3C[C@H](O)[C@@H](CO)O3)cc2[nH]1. The number of hydrogen-bond acceptors (Lipinski definition) is 7. The summed E-state index contributed by atoms with van der Waals surface area (Å²) < 4.78 is 17.5. The first kappa shape index (κ1) is 14.0. The van der Waals surface area contributed by atoms with Gasteiger partial charge in [-0.2, -0.15) is 9.55 Å². The lowest BCUT2D eigenvalue weighted by molar-refractivity contribution is -0.763. The molecule has 0 bridgehead atoms. The van der Waals surface area contributed by atoms with Crippen molar-refractivity contribution in [1.29, 1.82) is 0 Å². The summed E-state index contributed by atoms with van der Waals surface area (Å²) in [6.07, 6.45) is 0.250. The summed E-state index contributed by atoms with van der Waals surface area (Å²) in [7, 11) is 2.99. The lowest BCUT2D eigenvalue weighted by Gasteiger charge is -2.11. The van der Waals surface area contributed by atoms with E-state index in [0.717, 1.165) is 0 Å². The van der Waals surface area contributed by atoms with Crippen LogP contribution >= 0.6 is 0 Å². The maximum atomic E-state index is 9.84. The van der Waals surface area contributed by atoms with Gasteiger partial charge in [0.25, 0.3) is 6.01 Å². The molecule has 2 aromatic heterocycles. The first-order valence-electron chi connectivity index (χ1n) is 6.50. The number of nitrogens with one attached hydrogen (secondary N) is 1. The van der Waals surface area contributed by atoms with Gasteiger partial charge in [-0.3, -0.25) is 0 Å². The van der Waals surface area contributed by atoms with Crippen LogP contribution in [-0.2, 0) is 4.74 Å². The standard InChI is InChI=1S/C12H16N4O5/c1-19-11-13-6-4-16(12(20-2)15-10(6)14-11)9-3-7(18)8(5-17)21-9/h4,7-9,17-18H,3,5H2,1-2H3/p+1/t7-,8+,9?/m0/s1. The second kappa shape index (κ2) is 5.43. The Morgan fingerprint density at radius 2 is 2.24 bits per heavy atom. The van der Waals surface area contributed by atoms with Crippen molar-refractivity contribution in [2.24, 2.45) is 0 Å². The van der Waals surface area contributed by atoms with E-state index in [-0.39, 0.29) is 6.61 Å². The number of hydrogen-bond donors (Lipinski definition) is 3. The molecule has 0 radical (unpaired) electrons. The van der Waals surface area contributed by atoms with Gasteiger partial charge in [-0.15, -0.1) is 0 Å². The van der Waals surface area contributed by atoms with E-state index in [1.165, 1.54) is 14.2 Å². The van der Waals surface area contributed by atoms with Gasteiger partial charge in [-0.1, -0.05) is 0 Å². The minimum absolute atomic E-state index is 0.242. The van der Waals surface area contributed by atoms with Gasteiger partial charge in [0, 0.05) is 11.4 Å². The number of aromatic nitrogens is 4. The summed E-state index contributed by atoms with van der Waals surface area (Å²) in [5.74, 6) is 0. The van der Waals surface area contributed by atoms with E-state index >= 15 is 0 Å². The number of aromatic amines is 1. The molecule has 1 unspecified atom stereocenters. The third kappa shape index (κ3) is 2.39. The molecule has 9 heteroatoms. The smallest absolute Gasteiger partial charge is 0.468 e. The van der Waals surface area contributed by atoms with Crippen molar-refractivity contribution >= 4 is 11.2 Å². The Labute approximate surface area is 120 Å². The zero-order valence-corrected chi connectivity index (χ0v) is 11.7. The quantitative estimate of drug-likeness (QED) is 0.614. The van der Waals surface area contributed by atoms with Gasteiger partial charge in [0.05, 0.1) is 26.9 Å². The van der Waals surface area contributed by atoms with Gasteiger partial charge in [0.15, 0.2) is 5.52 Å². The molecule has 1 aliphatic heterocycles. The van der Waals surface area contributed by atoms with Crippen LogP contribution < -0.4 is 14.0 Å². The lowest BCUT2D eigenvalue weighted by Crippen LogP contribution is -2.41. The molecule has 1 aliphatic rings. The number of fused-ring (bicyclic) bond motifs is 1. The highest BCUT2D eigenvalue weighted by atomic mass is 16.5. The third-order valence-electron chi connectivity index (χ3n) is 3.45. The van der Waals surface area contributed by atoms with E-state index in [1.807, 2.05) is 0 Å². The van der Waals surface area contributed by atoms with Crippen molar-refractivity contribution in [3.8, 4) is 12.0 Å². The molecular weight excluding hydrogens is 280 g/mol. The van der Waals surface area contributed by atoms with E-state index in [9.17, 15) is 5.11 Å². The Bertz CT molecular complexity index is 646. The summed E-state index contributed by atoms with van der Waals surface area (Å²) in [6.45, 7) is -0.242. The number of H-pyrrole nitrogens is 1. The Kier molecular flexibility index (Phi) is 3.62. The highest BCUT2D eigenvalue weighted by molar-refractivity contribution is 5.69. The van der Waals surface area contributed by atoms with E-state index < -0.39 is 18.4 Å². The molecule has 3 N–H and O–H groups in total. The second-order valence-corrected chi connectivity index (χ2v) is 4.73. The van der Waals surface area contributed by atoms with Crippen molar-refractivity contribution in [3.63, 3.8) is 0 Å². The van der Waals surface area contributed by atoms with Crippen LogP contribution in [0.4, 0.5) is 0 Å². The predicted molar refractivity (Wildman–Crippen MR) is 68.8 cm³/mol. The number of rotatable bonds is 4. The summed E-state index contributed by atoms with van der Waals surface area (Å²) in [6, 6.07) is 0.644. The normalized spacial score (nSPS) is 25.4. The molecule has 3 atom stereocenters. The molecule has 2 aromatic rings. The molecule has 3 heterocycles. The van der Waals surface area contributed by atoms with Crippen LogP contribution in [0.2, 0.25) is 0 Å². The Hall–Kier alpha value is -1.97. The molecule has 0 aromatic carbocycles. The average Bonchev–Trinajstić information content (AvgIpc) is 3.07. The minimum atomic E-state index is -0.732. The fourth-order valence-electron chi connectivity index (χ4n) is 2.38. The molecule has 0 aliphatic carbocycles. The molecule has 9 nitrogen and oxygen atoms in total. The van der Waals surface area contributed by atoms with Crippen molar-refractivity contribution < 1.29 is 29.0 Å². The third-order valence-corrected chi connectivity index (χ3v) is 3.45. The summed E-state index contributed by atoms with van der Waals surface area (Å²) in [4.78, 5) is 11.4. The van der Waals surface area contributed by atoms with E-state index in [1.54, 1.807) is 10.8 Å². The molecular formula is C12H17N4O5+. The fraction of sp³-hybridized carbons (Fsp3) is 0.583. The Morgan fingerprint density at radius 3 is 2.86 bits per heavy atom. The summed E-state index contributed by atoms with van der Waals surface area (Å²) in [5.41, 5.74) is 1.11. The largest absolute Gasteiger partial charge is 0.502 e. The zero-order chi connectivity index (χ0) is 15.0. The Morgan fingerprint density at radius 1 is 1.43 bits per heavy atom. The average molecular weight is 297 g/mol. The topological polar surface area (TPSA) is 114 Å². The molecule has 0 saturated carbocycles. The van der Waals surface area contributed by atoms with Gasteiger partial charge in [0.1, 0.15) is 12.3 Å². The molecule has 3 rings (SSSR count). The van der Waals surface area contributed by atoms with Crippen LogP contribution in [0.1, 0.15) is 12.6 Å².